The maximum atomic E-state index is 13.3. The highest BCUT2D eigenvalue weighted by molar-refractivity contribution is 6.33. The zero-order valence-corrected chi connectivity index (χ0v) is 19.9. The second kappa shape index (κ2) is 9.02. The molecule has 0 bridgehead atoms. The summed E-state index contributed by atoms with van der Waals surface area (Å²) in [7, 11) is 3.16. The number of hydrogen-bond acceptors (Lipinski definition) is 6. The summed E-state index contributed by atoms with van der Waals surface area (Å²) in [6.07, 6.45) is 4.30. The van der Waals surface area contributed by atoms with Gasteiger partial charge in [0, 0.05) is 31.0 Å². The molecule has 0 aliphatic carbocycles. The topological polar surface area (TPSA) is 84.3 Å². The Labute approximate surface area is 198 Å². The standard InChI is InChI=1S/C24H27ClN4O4/c1-24(2)21(15-5-6-19(32-3)20(13-15)33-4)27-29(23(24)31)16-8-11-28(12-9-16)22(30)17-7-10-26-14-18(17)25/h5-7,10,13-14,16H,8-9,11-12H2,1-4H3. The predicted molar refractivity (Wildman–Crippen MR) is 125 cm³/mol. The molecule has 1 saturated heterocycles. The van der Waals surface area contributed by atoms with Crippen LogP contribution in [0.2, 0.25) is 5.02 Å². The van der Waals surface area contributed by atoms with Gasteiger partial charge in [0.05, 0.1) is 42.0 Å². The summed E-state index contributed by atoms with van der Waals surface area (Å²) < 4.78 is 10.8. The minimum Gasteiger partial charge on any atom is -0.493 e. The van der Waals surface area contributed by atoms with Crippen molar-refractivity contribution >= 4 is 29.1 Å². The average Bonchev–Trinajstić information content (AvgIpc) is 3.07. The van der Waals surface area contributed by atoms with Crippen LogP contribution in [0.4, 0.5) is 0 Å². The smallest absolute Gasteiger partial charge is 0.255 e. The second-order valence-electron chi connectivity index (χ2n) is 8.67. The Morgan fingerprint density at radius 3 is 2.45 bits per heavy atom. The molecule has 2 aromatic rings. The lowest BCUT2D eigenvalue weighted by Gasteiger charge is -2.35. The van der Waals surface area contributed by atoms with Crippen molar-refractivity contribution in [3.63, 3.8) is 0 Å². The first-order valence-electron chi connectivity index (χ1n) is 10.8. The number of amides is 2. The van der Waals surface area contributed by atoms with Crippen LogP contribution in [0.3, 0.4) is 0 Å². The highest BCUT2D eigenvalue weighted by atomic mass is 35.5. The van der Waals surface area contributed by atoms with E-state index in [-0.39, 0.29) is 17.9 Å². The number of methoxy groups -OCH3 is 2. The van der Waals surface area contributed by atoms with Crippen molar-refractivity contribution < 1.29 is 19.1 Å². The summed E-state index contributed by atoms with van der Waals surface area (Å²) in [6, 6.07) is 7.09. The van der Waals surface area contributed by atoms with Gasteiger partial charge in [0.15, 0.2) is 11.5 Å². The molecule has 8 nitrogen and oxygen atoms in total. The van der Waals surface area contributed by atoms with Crippen molar-refractivity contribution in [2.24, 2.45) is 10.5 Å². The molecule has 4 rings (SSSR count). The molecule has 33 heavy (non-hydrogen) atoms. The number of piperidine rings is 1. The van der Waals surface area contributed by atoms with Crippen LogP contribution in [-0.2, 0) is 4.79 Å². The van der Waals surface area contributed by atoms with E-state index in [9.17, 15) is 9.59 Å². The predicted octanol–water partition coefficient (Wildman–Crippen LogP) is 3.63. The SMILES string of the molecule is COc1ccc(C2=NN(C3CCN(C(=O)c4ccncc4Cl)CC3)C(=O)C2(C)C)cc1OC. The normalized spacial score (nSPS) is 18.3. The fourth-order valence-electron chi connectivity index (χ4n) is 4.35. The van der Waals surface area contributed by atoms with Crippen LogP contribution in [0, 0.1) is 5.41 Å². The van der Waals surface area contributed by atoms with Crippen LogP contribution in [0.15, 0.2) is 41.8 Å². The molecule has 3 heterocycles. The Morgan fingerprint density at radius 2 is 1.82 bits per heavy atom. The Balaban J connectivity index is 1.52. The first-order valence-corrected chi connectivity index (χ1v) is 11.2. The number of carbonyl (C=O) groups excluding carboxylic acids is 2. The van der Waals surface area contributed by atoms with Crippen LogP contribution in [0.25, 0.3) is 0 Å². The van der Waals surface area contributed by atoms with E-state index in [0.717, 1.165) is 5.56 Å². The molecule has 1 aromatic heterocycles. The Bertz CT molecular complexity index is 1110. The number of nitrogens with zero attached hydrogens (tertiary/aromatic N) is 4. The van der Waals surface area contributed by atoms with Gasteiger partial charge in [-0.1, -0.05) is 11.6 Å². The summed E-state index contributed by atoms with van der Waals surface area (Å²) in [5.41, 5.74) is 1.16. The van der Waals surface area contributed by atoms with Gasteiger partial charge in [-0.05, 0) is 51.0 Å². The minimum atomic E-state index is -0.781. The van der Waals surface area contributed by atoms with Gasteiger partial charge < -0.3 is 14.4 Å². The van der Waals surface area contributed by atoms with Gasteiger partial charge in [0.2, 0.25) is 0 Å². The molecule has 0 atom stereocenters. The van der Waals surface area contributed by atoms with E-state index in [1.165, 1.54) is 6.20 Å². The highest BCUT2D eigenvalue weighted by Gasteiger charge is 2.47. The molecule has 0 saturated carbocycles. The minimum absolute atomic E-state index is 0.0470. The van der Waals surface area contributed by atoms with Crippen molar-refractivity contribution in [2.75, 3.05) is 27.3 Å². The molecule has 0 N–H and O–H groups in total. The zero-order valence-electron chi connectivity index (χ0n) is 19.2. The van der Waals surface area contributed by atoms with Crippen molar-refractivity contribution in [3.05, 3.63) is 52.8 Å². The summed E-state index contributed by atoms with van der Waals surface area (Å²) in [5, 5.41) is 6.70. The third kappa shape index (κ3) is 4.15. The van der Waals surface area contributed by atoms with E-state index in [1.54, 1.807) is 36.4 Å². The number of likely N-dealkylation sites (tertiary alicyclic amines) is 1. The van der Waals surface area contributed by atoms with E-state index in [4.69, 9.17) is 26.2 Å². The fourth-order valence-corrected chi connectivity index (χ4v) is 4.55. The molecule has 174 valence electrons. The van der Waals surface area contributed by atoms with Crippen LogP contribution < -0.4 is 9.47 Å². The number of ether oxygens (including phenoxy) is 2. The van der Waals surface area contributed by atoms with E-state index >= 15 is 0 Å². The first kappa shape index (κ1) is 23.0. The van der Waals surface area contributed by atoms with Crippen molar-refractivity contribution in [2.45, 2.75) is 32.7 Å². The van der Waals surface area contributed by atoms with Gasteiger partial charge in [-0.15, -0.1) is 0 Å². The lowest BCUT2D eigenvalue weighted by atomic mass is 9.83. The van der Waals surface area contributed by atoms with Crippen molar-refractivity contribution in [1.29, 1.82) is 0 Å². The summed E-state index contributed by atoms with van der Waals surface area (Å²) in [5.74, 6) is 1.03. The second-order valence-corrected chi connectivity index (χ2v) is 9.08. The molecule has 0 radical (unpaired) electrons. The van der Waals surface area contributed by atoms with E-state index < -0.39 is 5.41 Å². The summed E-state index contributed by atoms with van der Waals surface area (Å²) in [6.45, 7) is 4.81. The van der Waals surface area contributed by atoms with Crippen LogP contribution in [0.5, 0.6) is 11.5 Å². The number of pyridine rings is 1. The highest BCUT2D eigenvalue weighted by Crippen LogP contribution is 2.37. The maximum Gasteiger partial charge on any atom is 0.255 e. The Morgan fingerprint density at radius 1 is 1.12 bits per heavy atom. The summed E-state index contributed by atoms with van der Waals surface area (Å²) in [4.78, 5) is 31.9. The fraction of sp³-hybridized carbons (Fsp3) is 0.417. The van der Waals surface area contributed by atoms with Gasteiger partial charge in [-0.3, -0.25) is 14.6 Å². The number of halogens is 1. The Hall–Kier alpha value is -3.13. The molecule has 0 spiro atoms. The van der Waals surface area contributed by atoms with Gasteiger partial charge in [0.1, 0.15) is 0 Å². The third-order valence-corrected chi connectivity index (χ3v) is 6.60. The monoisotopic (exact) mass is 470 g/mol. The zero-order chi connectivity index (χ0) is 23.8. The molecule has 2 aliphatic rings. The van der Waals surface area contributed by atoms with Crippen LogP contribution >= 0.6 is 11.6 Å². The third-order valence-electron chi connectivity index (χ3n) is 6.30. The molecule has 2 aliphatic heterocycles. The molecule has 1 fully saturated rings. The quantitative estimate of drug-likeness (QED) is 0.666. The van der Waals surface area contributed by atoms with Gasteiger partial charge in [0.25, 0.3) is 11.8 Å². The lowest BCUT2D eigenvalue weighted by molar-refractivity contribution is -0.137. The summed E-state index contributed by atoms with van der Waals surface area (Å²) >= 11 is 6.14. The first-order chi connectivity index (χ1) is 15.8. The van der Waals surface area contributed by atoms with Crippen LogP contribution in [-0.4, -0.2) is 65.8 Å². The van der Waals surface area contributed by atoms with Crippen molar-refractivity contribution in [1.82, 2.24) is 14.9 Å². The number of carbonyl (C=O) groups is 2. The lowest BCUT2D eigenvalue weighted by Crippen LogP contribution is -2.47. The Kier molecular flexibility index (Phi) is 6.30. The molecular formula is C24H27ClN4O4. The van der Waals surface area contributed by atoms with Gasteiger partial charge >= 0.3 is 0 Å². The van der Waals surface area contributed by atoms with E-state index in [1.807, 2.05) is 32.0 Å². The largest absolute Gasteiger partial charge is 0.493 e. The van der Waals surface area contributed by atoms with Crippen molar-refractivity contribution in [3.8, 4) is 11.5 Å². The average molecular weight is 471 g/mol. The number of rotatable bonds is 5. The molecule has 2 amide bonds. The number of aromatic nitrogens is 1. The molecule has 0 unspecified atom stereocenters. The number of hydrazone groups is 1. The van der Waals surface area contributed by atoms with Gasteiger partial charge in [-0.25, -0.2) is 5.01 Å². The molecule has 1 aromatic carbocycles. The van der Waals surface area contributed by atoms with E-state index in [0.29, 0.717) is 53.7 Å². The van der Waals surface area contributed by atoms with Crippen LogP contribution in [0.1, 0.15) is 42.6 Å². The maximum absolute atomic E-state index is 13.3. The molecule has 9 heteroatoms. The van der Waals surface area contributed by atoms with E-state index in [2.05, 4.69) is 4.98 Å². The number of hydrogen-bond donors (Lipinski definition) is 0. The number of benzene rings is 1. The van der Waals surface area contributed by atoms with Gasteiger partial charge in [-0.2, -0.15) is 5.10 Å². The molecular weight excluding hydrogens is 444 g/mol.